The molecule has 0 saturated carbocycles. The Morgan fingerprint density at radius 1 is 1.40 bits per heavy atom. The van der Waals surface area contributed by atoms with Gasteiger partial charge in [-0.2, -0.15) is 0 Å². The van der Waals surface area contributed by atoms with Crippen molar-refractivity contribution < 1.29 is 19.4 Å². The maximum absolute atomic E-state index is 10.7. The smallest absolute Gasteiger partial charge is 0.303 e. The lowest BCUT2D eigenvalue weighted by atomic mass is 9.92. The van der Waals surface area contributed by atoms with Crippen molar-refractivity contribution in [2.24, 2.45) is 5.92 Å². The molecular weight excluding hydrogens is 258 g/mol. The van der Waals surface area contributed by atoms with E-state index in [4.69, 9.17) is 14.6 Å². The third-order valence-electron chi connectivity index (χ3n) is 3.89. The van der Waals surface area contributed by atoms with E-state index in [1.807, 2.05) is 18.2 Å². The van der Waals surface area contributed by atoms with Crippen LogP contribution in [0.4, 0.5) is 0 Å². The van der Waals surface area contributed by atoms with Crippen molar-refractivity contribution in [2.75, 3.05) is 27.3 Å². The summed E-state index contributed by atoms with van der Waals surface area (Å²) < 4.78 is 10.6. The quantitative estimate of drug-likeness (QED) is 0.865. The molecule has 2 rings (SSSR count). The first-order chi connectivity index (χ1) is 9.55. The Morgan fingerprint density at radius 2 is 2.10 bits per heavy atom. The van der Waals surface area contributed by atoms with E-state index >= 15 is 0 Å². The Kier molecular flexibility index (Phi) is 4.49. The third kappa shape index (κ3) is 3.04. The van der Waals surface area contributed by atoms with Crippen molar-refractivity contribution in [1.29, 1.82) is 0 Å². The molecule has 1 unspecified atom stereocenters. The van der Waals surface area contributed by atoms with E-state index in [0.29, 0.717) is 0 Å². The molecule has 5 heteroatoms. The van der Waals surface area contributed by atoms with Crippen LogP contribution in [0, 0.1) is 5.92 Å². The molecule has 0 aromatic heterocycles. The molecule has 20 heavy (non-hydrogen) atoms. The second-order valence-electron chi connectivity index (χ2n) is 5.20. The highest BCUT2D eigenvalue weighted by atomic mass is 16.5. The van der Waals surface area contributed by atoms with Gasteiger partial charge in [0.2, 0.25) is 0 Å². The molecule has 110 valence electrons. The fourth-order valence-electron chi connectivity index (χ4n) is 2.66. The number of carboxylic acid groups (broad SMARTS) is 1. The number of aliphatic carboxylic acids is 1. The van der Waals surface area contributed by atoms with E-state index in [0.717, 1.165) is 30.2 Å². The Balaban J connectivity index is 2.03. The molecule has 1 atom stereocenters. The number of ether oxygens (including phenoxy) is 2. The maximum atomic E-state index is 10.7. The molecule has 0 radical (unpaired) electrons. The summed E-state index contributed by atoms with van der Waals surface area (Å²) in [6.07, 6.45) is 0.253. The molecule has 1 aliphatic heterocycles. The standard InChI is InChI=1S/C15H21NO4/c1-10(16-8-11(9-16)6-15(17)18)13-5-4-12(19-2)7-14(13)20-3/h4-5,7,10-11H,6,8-9H2,1-3H3,(H,17,18). The highest BCUT2D eigenvalue weighted by Crippen LogP contribution is 2.36. The van der Waals surface area contributed by atoms with Crippen LogP contribution in [-0.2, 0) is 4.79 Å². The highest BCUT2D eigenvalue weighted by Gasteiger charge is 2.33. The first kappa shape index (κ1) is 14.7. The molecule has 1 aromatic carbocycles. The Hall–Kier alpha value is -1.75. The molecule has 0 aliphatic carbocycles. The minimum atomic E-state index is -0.718. The molecule has 1 saturated heterocycles. The number of likely N-dealkylation sites (tertiary alicyclic amines) is 1. The van der Waals surface area contributed by atoms with Gasteiger partial charge in [-0.1, -0.05) is 6.07 Å². The number of hydrogen-bond donors (Lipinski definition) is 1. The number of rotatable bonds is 6. The van der Waals surface area contributed by atoms with Crippen LogP contribution >= 0.6 is 0 Å². The molecular formula is C15H21NO4. The van der Waals surface area contributed by atoms with Crippen molar-refractivity contribution >= 4 is 5.97 Å². The van der Waals surface area contributed by atoms with Crippen LogP contribution in [0.2, 0.25) is 0 Å². The van der Waals surface area contributed by atoms with Gasteiger partial charge in [-0.3, -0.25) is 9.69 Å². The van der Waals surface area contributed by atoms with Gasteiger partial charge < -0.3 is 14.6 Å². The summed E-state index contributed by atoms with van der Waals surface area (Å²) in [5, 5.41) is 8.78. The molecule has 5 nitrogen and oxygen atoms in total. The van der Waals surface area contributed by atoms with Gasteiger partial charge in [0.25, 0.3) is 0 Å². The fourth-order valence-corrected chi connectivity index (χ4v) is 2.66. The van der Waals surface area contributed by atoms with E-state index in [9.17, 15) is 4.79 Å². The van der Waals surface area contributed by atoms with E-state index in [1.165, 1.54) is 0 Å². The topological polar surface area (TPSA) is 59.0 Å². The molecule has 0 amide bonds. The monoisotopic (exact) mass is 279 g/mol. The van der Waals surface area contributed by atoms with Gasteiger partial charge >= 0.3 is 5.97 Å². The third-order valence-corrected chi connectivity index (χ3v) is 3.89. The summed E-state index contributed by atoms with van der Waals surface area (Å²) >= 11 is 0. The zero-order valence-corrected chi connectivity index (χ0v) is 12.1. The zero-order valence-electron chi connectivity index (χ0n) is 12.1. The predicted molar refractivity (Wildman–Crippen MR) is 75.3 cm³/mol. The van der Waals surface area contributed by atoms with Gasteiger partial charge in [0.05, 0.1) is 20.6 Å². The molecule has 1 heterocycles. The average Bonchev–Trinajstić information content (AvgIpc) is 2.40. The number of methoxy groups -OCH3 is 2. The number of carboxylic acids is 1. The number of benzene rings is 1. The van der Waals surface area contributed by atoms with Crippen molar-refractivity contribution in [3.05, 3.63) is 23.8 Å². The summed E-state index contributed by atoms with van der Waals surface area (Å²) in [7, 11) is 3.28. The van der Waals surface area contributed by atoms with Crippen molar-refractivity contribution in [3.8, 4) is 11.5 Å². The van der Waals surface area contributed by atoms with Crippen LogP contribution in [0.25, 0.3) is 0 Å². The van der Waals surface area contributed by atoms with Crippen LogP contribution < -0.4 is 9.47 Å². The van der Waals surface area contributed by atoms with Gasteiger partial charge in [-0.25, -0.2) is 0 Å². The van der Waals surface area contributed by atoms with Gasteiger partial charge in [0.1, 0.15) is 11.5 Å². The fraction of sp³-hybridized carbons (Fsp3) is 0.533. The van der Waals surface area contributed by atoms with Gasteiger partial charge in [0.15, 0.2) is 0 Å². The number of carbonyl (C=O) groups is 1. The second kappa shape index (κ2) is 6.13. The van der Waals surface area contributed by atoms with E-state index in [2.05, 4.69) is 11.8 Å². The average molecular weight is 279 g/mol. The normalized spacial score (nSPS) is 17.4. The zero-order chi connectivity index (χ0) is 14.7. The summed E-state index contributed by atoms with van der Waals surface area (Å²) in [4.78, 5) is 12.9. The SMILES string of the molecule is COc1ccc(C(C)N2CC(CC(=O)O)C2)c(OC)c1. The van der Waals surface area contributed by atoms with Crippen LogP contribution in [0.1, 0.15) is 24.9 Å². The Morgan fingerprint density at radius 3 is 2.65 bits per heavy atom. The number of nitrogens with zero attached hydrogens (tertiary/aromatic N) is 1. The van der Waals surface area contributed by atoms with Crippen LogP contribution in [-0.4, -0.2) is 43.3 Å². The lowest BCUT2D eigenvalue weighted by molar-refractivity contribution is -0.139. The van der Waals surface area contributed by atoms with Crippen LogP contribution in [0.15, 0.2) is 18.2 Å². The van der Waals surface area contributed by atoms with Gasteiger partial charge in [-0.15, -0.1) is 0 Å². The largest absolute Gasteiger partial charge is 0.497 e. The summed E-state index contributed by atoms with van der Waals surface area (Å²) in [5.74, 6) is 1.12. The van der Waals surface area contributed by atoms with E-state index in [1.54, 1.807) is 14.2 Å². The molecule has 1 aromatic rings. The van der Waals surface area contributed by atoms with E-state index < -0.39 is 5.97 Å². The molecule has 1 N–H and O–H groups in total. The molecule has 0 bridgehead atoms. The summed E-state index contributed by atoms with van der Waals surface area (Å²) in [5.41, 5.74) is 1.10. The van der Waals surface area contributed by atoms with Crippen LogP contribution in [0.3, 0.4) is 0 Å². The maximum Gasteiger partial charge on any atom is 0.303 e. The first-order valence-electron chi connectivity index (χ1n) is 6.73. The Bertz CT molecular complexity index is 483. The van der Waals surface area contributed by atoms with Crippen molar-refractivity contribution in [1.82, 2.24) is 4.90 Å². The lowest BCUT2D eigenvalue weighted by Gasteiger charge is -2.43. The minimum absolute atomic E-state index is 0.209. The highest BCUT2D eigenvalue weighted by molar-refractivity contribution is 5.67. The van der Waals surface area contributed by atoms with Crippen LogP contribution in [0.5, 0.6) is 11.5 Å². The summed E-state index contributed by atoms with van der Waals surface area (Å²) in [6, 6.07) is 6.01. The summed E-state index contributed by atoms with van der Waals surface area (Å²) in [6.45, 7) is 3.76. The van der Waals surface area contributed by atoms with Gasteiger partial charge in [-0.05, 0) is 18.9 Å². The van der Waals surface area contributed by atoms with Crippen molar-refractivity contribution in [3.63, 3.8) is 0 Å². The van der Waals surface area contributed by atoms with Crippen molar-refractivity contribution in [2.45, 2.75) is 19.4 Å². The number of hydrogen-bond acceptors (Lipinski definition) is 4. The first-order valence-corrected chi connectivity index (χ1v) is 6.73. The van der Waals surface area contributed by atoms with E-state index in [-0.39, 0.29) is 18.4 Å². The Labute approximate surface area is 119 Å². The molecule has 1 fully saturated rings. The molecule has 1 aliphatic rings. The predicted octanol–water partition coefficient (Wildman–Crippen LogP) is 2.17. The second-order valence-corrected chi connectivity index (χ2v) is 5.20. The minimum Gasteiger partial charge on any atom is -0.497 e. The lowest BCUT2D eigenvalue weighted by Crippen LogP contribution is -2.48. The molecule has 0 spiro atoms. The van der Waals surface area contributed by atoms with Gasteiger partial charge in [0, 0.05) is 30.8 Å².